The van der Waals surface area contributed by atoms with E-state index in [1.54, 1.807) is 12.7 Å². The van der Waals surface area contributed by atoms with Crippen molar-refractivity contribution < 1.29 is 18.9 Å². The maximum absolute atomic E-state index is 5.73. The van der Waals surface area contributed by atoms with E-state index in [0.29, 0.717) is 26.4 Å². The van der Waals surface area contributed by atoms with E-state index < -0.39 is 12.6 Å². The van der Waals surface area contributed by atoms with Crippen LogP contribution in [0.3, 0.4) is 0 Å². The van der Waals surface area contributed by atoms with Gasteiger partial charge in [-0.05, 0) is 96.5 Å². The topological polar surface area (TPSA) is 94.3 Å². The Morgan fingerprint density at radius 3 is 1.71 bits per heavy atom. The van der Waals surface area contributed by atoms with E-state index in [4.69, 9.17) is 23.9 Å². The third-order valence-corrected chi connectivity index (χ3v) is 7.82. The molecular formula is C40H38N4O4. The van der Waals surface area contributed by atoms with E-state index in [0.717, 1.165) is 66.3 Å². The molecule has 0 spiro atoms. The lowest BCUT2D eigenvalue weighted by atomic mass is 9.87. The highest BCUT2D eigenvalue weighted by molar-refractivity contribution is 6.10. The third-order valence-electron chi connectivity index (χ3n) is 7.82. The van der Waals surface area contributed by atoms with Crippen molar-refractivity contribution in [3.05, 3.63) is 96.8 Å². The Hall–Kier alpha value is -5.22. The minimum absolute atomic E-state index is 0.496. The molecular weight excluding hydrogens is 600 g/mol. The van der Waals surface area contributed by atoms with Crippen LogP contribution in [0.15, 0.2) is 85.7 Å². The second-order valence-electron chi connectivity index (χ2n) is 10.7. The van der Waals surface area contributed by atoms with Crippen molar-refractivity contribution in [2.45, 2.75) is 40.3 Å². The predicted octanol–water partition coefficient (Wildman–Crippen LogP) is 7.94. The number of rotatable bonds is 11. The van der Waals surface area contributed by atoms with Crippen molar-refractivity contribution in [2.75, 3.05) is 26.4 Å². The summed E-state index contributed by atoms with van der Waals surface area (Å²) in [5.74, 6) is 13.0. The van der Waals surface area contributed by atoms with Gasteiger partial charge in [0.05, 0.1) is 24.0 Å². The number of benzene rings is 4. The molecule has 2 aromatic heterocycles. The molecule has 6 aromatic rings. The largest absolute Gasteiger partial charge is 0.351 e. The summed E-state index contributed by atoms with van der Waals surface area (Å²) in [4.78, 5) is 15.6. The minimum atomic E-state index is -0.626. The molecule has 6 rings (SSSR count). The van der Waals surface area contributed by atoms with Gasteiger partial charge in [-0.1, -0.05) is 48.2 Å². The Morgan fingerprint density at radius 2 is 1.15 bits per heavy atom. The zero-order valence-corrected chi connectivity index (χ0v) is 27.6. The number of hydrogen-bond donors (Lipinski definition) is 2. The first-order valence-electron chi connectivity index (χ1n) is 16.3. The Bertz CT molecular complexity index is 2100. The smallest absolute Gasteiger partial charge is 0.222 e. The van der Waals surface area contributed by atoms with Gasteiger partial charge in [0.1, 0.15) is 0 Å². The van der Waals surface area contributed by atoms with Crippen molar-refractivity contribution in [3.8, 4) is 57.3 Å². The number of nitrogens with one attached hydrogen (secondary N) is 2. The fourth-order valence-corrected chi connectivity index (χ4v) is 5.77. The Morgan fingerprint density at radius 1 is 0.583 bits per heavy atom. The van der Waals surface area contributed by atoms with E-state index in [1.165, 1.54) is 0 Å². The predicted molar refractivity (Wildman–Crippen MR) is 190 cm³/mol. The monoisotopic (exact) mass is 638 g/mol. The average Bonchev–Trinajstić information content (AvgIpc) is 3.85. The molecule has 4 aromatic carbocycles. The van der Waals surface area contributed by atoms with Gasteiger partial charge in [-0.25, -0.2) is 9.97 Å². The van der Waals surface area contributed by atoms with Gasteiger partial charge in [0, 0.05) is 61.1 Å². The Balaban J connectivity index is 1.60. The number of hydrogen-bond acceptors (Lipinski definition) is 6. The number of aromatic amines is 2. The molecule has 0 aliphatic carbocycles. The molecule has 2 N–H and O–H groups in total. The van der Waals surface area contributed by atoms with Gasteiger partial charge in [0.25, 0.3) is 0 Å². The summed E-state index contributed by atoms with van der Waals surface area (Å²) in [5, 5.41) is 4.08. The number of ether oxygens (including phenoxy) is 4. The van der Waals surface area contributed by atoms with Gasteiger partial charge in [-0.2, -0.15) is 0 Å². The van der Waals surface area contributed by atoms with Gasteiger partial charge in [0.2, 0.25) is 12.6 Å². The summed E-state index contributed by atoms with van der Waals surface area (Å²) in [5.41, 5.74) is 7.47. The van der Waals surface area contributed by atoms with Crippen molar-refractivity contribution in [1.29, 1.82) is 0 Å². The van der Waals surface area contributed by atoms with Crippen LogP contribution in [0.4, 0.5) is 0 Å². The molecule has 0 aliphatic rings. The lowest BCUT2D eigenvalue weighted by Crippen LogP contribution is -2.14. The zero-order valence-electron chi connectivity index (χ0n) is 27.6. The molecule has 0 atom stereocenters. The van der Waals surface area contributed by atoms with Crippen LogP contribution in [0.1, 0.15) is 38.8 Å². The maximum Gasteiger partial charge on any atom is 0.222 e. The highest BCUT2D eigenvalue weighted by Crippen LogP contribution is 2.43. The zero-order chi connectivity index (χ0) is 33.3. The van der Waals surface area contributed by atoms with Gasteiger partial charge >= 0.3 is 0 Å². The maximum atomic E-state index is 5.73. The van der Waals surface area contributed by atoms with Gasteiger partial charge in [0.15, 0.2) is 0 Å². The lowest BCUT2D eigenvalue weighted by Gasteiger charge is -2.17. The molecule has 0 unspecified atom stereocenters. The summed E-state index contributed by atoms with van der Waals surface area (Å²) in [6.07, 6.45) is 6.03. The molecule has 8 heteroatoms. The Kier molecular flexibility index (Phi) is 10.6. The van der Waals surface area contributed by atoms with Crippen molar-refractivity contribution in [2.24, 2.45) is 0 Å². The van der Waals surface area contributed by atoms with Crippen LogP contribution in [-0.4, -0.2) is 58.9 Å². The number of fused-ring (bicyclic) bond motifs is 2. The molecule has 242 valence electrons. The molecule has 48 heavy (non-hydrogen) atoms. The van der Waals surface area contributed by atoms with Crippen molar-refractivity contribution >= 4 is 21.5 Å². The van der Waals surface area contributed by atoms with E-state index in [9.17, 15) is 0 Å². The highest BCUT2D eigenvalue weighted by Gasteiger charge is 2.19. The minimum Gasteiger partial charge on any atom is -0.351 e. The molecule has 0 radical (unpaired) electrons. The summed E-state index contributed by atoms with van der Waals surface area (Å²) < 4.78 is 22.8. The highest BCUT2D eigenvalue weighted by atomic mass is 16.7. The summed E-state index contributed by atoms with van der Waals surface area (Å²) in [7, 11) is 0. The van der Waals surface area contributed by atoms with Crippen LogP contribution in [0.5, 0.6) is 0 Å². The molecule has 0 amide bonds. The standard InChI is InChI=1S/C40H38N4O4/c1-5-45-38(46-6-2)19-16-27-13-14-28(17-20-39(47-7-3)48-8-4)33-21-29(15-18-30(27)33)34-22-35(36-23-41-25-43-36)31-11-9-10-12-32(31)40(34)37-24-42-26-44-37/h9-15,18,21-26,38-39H,5-8H2,1-4H3,(H,41,43)(H,42,44). The first-order valence-corrected chi connectivity index (χ1v) is 16.3. The van der Waals surface area contributed by atoms with Crippen LogP contribution >= 0.6 is 0 Å². The summed E-state index contributed by atoms with van der Waals surface area (Å²) in [6, 6.07) is 21.0. The number of nitrogens with zero attached hydrogens (tertiary/aromatic N) is 2. The van der Waals surface area contributed by atoms with Crippen molar-refractivity contribution in [3.63, 3.8) is 0 Å². The number of aromatic nitrogens is 4. The first-order chi connectivity index (χ1) is 23.6. The van der Waals surface area contributed by atoms with Gasteiger partial charge in [-0.3, -0.25) is 0 Å². The molecule has 2 heterocycles. The molecule has 0 saturated heterocycles. The molecule has 0 saturated carbocycles. The molecule has 8 nitrogen and oxygen atoms in total. The Labute approximate surface area is 280 Å². The van der Waals surface area contributed by atoms with Gasteiger partial charge in [-0.15, -0.1) is 0 Å². The second-order valence-corrected chi connectivity index (χ2v) is 10.7. The van der Waals surface area contributed by atoms with E-state index in [2.05, 4.69) is 87.2 Å². The summed E-state index contributed by atoms with van der Waals surface area (Å²) >= 11 is 0. The number of H-pyrrole nitrogens is 2. The first kappa shape index (κ1) is 32.7. The van der Waals surface area contributed by atoms with E-state index in [1.807, 2.05) is 52.2 Å². The second kappa shape index (κ2) is 15.6. The SMILES string of the molecule is CCOC(C#Cc1ccc(C#CC(OCC)OCC)c2cc(-c3cc(-c4c[nH]cn4)c4ccccc4c3-c3c[nH]cn3)ccc12)OCC. The summed E-state index contributed by atoms with van der Waals surface area (Å²) in [6.45, 7) is 9.71. The van der Waals surface area contributed by atoms with Crippen LogP contribution in [0, 0.1) is 23.7 Å². The quantitative estimate of drug-likeness (QED) is 0.111. The van der Waals surface area contributed by atoms with Crippen molar-refractivity contribution in [1.82, 2.24) is 19.9 Å². The fraction of sp³-hybridized carbons (Fsp3) is 0.250. The third kappa shape index (κ3) is 7.03. The average molecular weight is 639 g/mol. The normalized spacial score (nSPS) is 11.2. The van der Waals surface area contributed by atoms with Crippen LogP contribution in [-0.2, 0) is 18.9 Å². The van der Waals surface area contributed by atoms with Gasteiger partial charge < -0.3 is 28.9 Å². The van der Waals surface area contributed by atoms with Crippen LogP contribution in [0.2, 0.25) is 0 Å². The van der Waals surface area contributed by atoms with E-state index >= 15 is 0 Å². The van der Waals surface area contributed by atoms with E-state index in [-0.39, 0.29) is 0 Å². The molecule has 0 fully saturated rings. The number of imidazole rings is 2. The van der Waals surface area contributed by atoms with Crippen LogP contribution in [0.25, 0.3) is 55.2 Å². The van der Waals surface area contributed by atoms with Crippen LogP contribution < -0.4 is 0 Å². The molecule has 0 bridgehead atoms. The lowest BCUT2D eigenvalue weighted by molar-refractivity contribution is -0.0972. The molecule has 0 aliphatic heterocycles. The fourth-order valence-electron chi connectivity index (χ4n) is 5.77.